The molecule has 0 aliphatic heterocycles. The Hall–Kier alpha value is -1.26. The van der Waals surface area contributed by atoms with Gasteiger partial charge in [0.1, 0.15) is 5.60 Å². The second kappa shape index (κ2) is 7.34. The zero-order valence-electron chi connectivity index (χ0n) is 14.6. The summed E-state index contributed by atoms with van der Waals surface area (Å²) in [5, 5.41) is 12.5. The summed E-state index contributed by atoms with van der Waals surface area (Å²) in [6, 6.07) is 0. The van der Waals surface area contributed by atoms with E-state index in [2.05, 4.69) is 19.2 Å². The van der Waals surface area contributed by atoms with Crippen molar-refractivity contribution in [1.29, 1.82) is 0 Å². The fraction of sp³-hybridized carbons (Fsp3) is 0.882. The molecule has 0 saturated heterocycles. The third-order valence-electron chi connectivity index (χ3n) is 4.24. The van der Waals surface area contributed by atoms with E-state index in [9.17, 15) is 14.7 Å². The van der Waals surface area contributed by atoms with Crippen molar-refractivity contribution in [2.45, 2.75) is 72.3 Å². The van der Waals surface area contributed by atoms with Gasteiger partial charge in [-0.3, -0.25) is 4.79 Å². The zero-order valence-corrected chi connectivity index (χ0v) is 14.6. The third kappa shape index (κ3) is 6.24. The molecule has 1 rings (SSSR count). The number of rotatable bonds is 8. The number of hydrogen-bond acceptors (Lipinski definition) is 3. The Morgan fingerprint density at radius 3 is 2.32 bits per heavy atom. The largest absolute Gasteiger partial charge is 0.481 e. The summed E-state index contributed by atoms with van der Waals surface area (Å²) in [7, 11) is 0. The standard InChI is InChI=1S/C17H31NO4/c1-6-12(2)9-17(14(19)20,10-13-7-8-13)11-18-15(21)22-16(3,4)5/h12-13H,6-11H2,1-5H3,(H,18,21)(H,19,20). The van der Waals surface area contributed by atoms with Crippen LogP contribution in [-0.2, 0) is 9.53 Å². The van der Waals surface area contributed by atoms with Gasteiger partial charge in [0, 0.05) is 6.54 Å². The lowest BCUT2D eigenvalue weighted by Crippen LogP contribution is -2.45. The van der Waals surface area contributed by atoms with E-state index in [1.54, 1.807) is 20.8 Å². The number of carboxylic acid groups (broad SMARTS) is 1. The van der Waals surface area contributed by atoms with Crippen LogP contribution in [0.1, 0.15) is 66.7 Å². The van der Waals surface area contributed by atoms with Gasteiger partial charge < -0.3 is 15.2 Å². The number of amides is 1. The molecule has 22 heavy (non-hydrogen) atoms. The molecule has 0 heterocycles. The number of ether oxygens (including phenoxy) is 1. The number of nitrogens with one attached hydrogen (secondary N) is 1. The van der Waals surface area contributed by atoms with Crippen LogP contribution in [-0.4, -0.2) is 29.3 Å². The predicted octanol–water partition coefficient (Wildman–Crippen LogP) is 3.82. The van der Waals surface area contributed by atoms with Gasteiger partial charge in [-0.2, -0.15) is 0 Å². The highest BCUT2D eigenvalue weighted by atomic mass is 16.6. The molecule has 0 bridgehead atoms. The summed E-state index contributed by atoms with van der Waals surface area (Å²) in [6.07, 6.45) is 3.82. The Morgan fingerprint density at radius 2 is 1.91 bits per heavy atom. The van der Waals surface area contributed by atoms with Crippen molar-refractivity contribution in [3.8, 4) is 0 Å². The first kappa shape index (κ1) is 18.8. The van der Waals surface area contributed by atoms with Gasteiger partial charge in [0.15, 0.2) is 0 Å². The van der Waals surface area contributed by atoms with Crippen LogP contribution < -0.4 is 5.32 Å². The molecule has 0 aromatic rings. The lowest BCUT2D eigenvalue weighted by atomic mass is 9.75. The molecule has 1 amide bonds. The molecule has 128 valence electrons. The average molecular weight is 313 g/mol. The first-order chi connectivity index (χ1) is 10.1. The second-order valence-electron chi connectivity index (χ2n) is 7.81. The maximum atomic E-state index is 11.9. The molecule has 0 spiro atoms. The van der Waals surface area contributed by atoms with Gasteiger partial charge in [-0.05, 0) is 45.4 Å². The molecule has 2 atom stereocenters. The average Bonchev–Trinajstić information content (AvgIpc) is 3.17. The van der Waals surface area contributed by atoms with E-state index >= 15 is 0 Å². The molecule has 1 fully saturated rings. The maximum Gasteiger partial charge on any atom is 0.407 e. The molecule has 0 aromatic carbocycles. The molecule has 0 aromatic heterocycles. The van der Waals surface area contributed by atoms with Crippen LogP contribution in [0.3, 0.4) is 0 Å². The number of carbonyl (C=O) groups is 2. The quantitative estimate of drug-likeness (QED) is 0.714. The lowest BCUT2D eigenvalue weighted by molar-refractivity contribution is -0.150. The highest BCUT2D eigenvalue weighted by Gasteiger charge is 2.44. The van der Waals surface area contributed by atoms with E-state index < -0.39 is 23.1 Å². The van der Waals surface area contributed by atoms with Gasteiger partial charge >= 0.3 is 12.1 Å². The molecule has 5 nitrogen and oxygen atoms in total. The molecular weight excluding hydrogens is 282 g/mol. The summed E-state index contributed by atoms with van der Waals surface area (Å²) >= 11 is 0. The van der Waals surface area contributed by atoms with Gasteiger partial charge in [0.25, 0.3) is 0 Å². The summed E-state index contributed by atoms with van der Waals surface area (Å²) in [5.74, 6) is -0.00774. The summed E-state index contributed by atoms with van der Waals surface area (Å²) in [4.78, 5) is 23.8. The Morgan fingerprint density at radius 1 is 1.32 bits per heavy atom. The van der Waals surface area contributed by atoms with Crippen molar-refractivity contribution in [3.63, 3.8) is 0 Å². The van der Waals surface area contributed by atoms with Crippen molar-refractivity contribution >= 4 is 12.1 Å². The van der Waals surface area contributed by atoms with Crippen molar-refractivity contribution in [2.75, 3.05) is 6.54 Å². The molecule has 1 aliphatic carbocycles. The van der Waals surface area contributed by atoms with E-state index in [0.29, 0.717) is 24.7 Å². The van der Waals surface area contributed by atoms with Crippen LogP contribution in [0.5, 0.6) is 0 Å². The fourth-order valence-corrected chi connectivity index (χ4v) is 2.72. The van der Waals surface area contributed by atoms with Gasteiger partial charge in [-0.25, -0.2) is 4.79 Å². The number of carbonyl (C=O) groups excluding carboxylic acids is 1. The van der Waals surface area contributed by atoms with Gasteiger partial charge in [-0.15, -0.1) is 0 Å². The first-order valence-corrected chi connectivity index (χ1v) is 8.28. The van der Waals surface area contributed by atoms with Crippen molar-refractivity contribution in [2.24, 2.45) is 17.3 Å². The summed E-state index contributed by atoms with van der Waals surface area (Å²) < 4.78 is 5.22. The normalized spacial score (nSPS) is 19.1. The number of carboxylic acids is 1. The van der Waals surface area contributed by atoms with Crippen LogP contribution in [0.4, 0.5) is 4.79 Å². The maximum absolute atomic E-state index is 11.9. The van der Waals surface area contributed by atoms with Crippen molar-refractivity contribution < 1.29 is 19.4 Å². The molecule has 1 saturated carbocycles. The minimum absolute atomic E-state index is 0.137. The SMILES string of the molecule is CCC(C)CC(CNC(=O)OC(C)(C)C)(CC1CC1)C(=O)O. The van der Waals surface area contributed by atoms with E-state index in [0.717, 1.165) is 19.3 Å². The van der Waals surface area contributed by atoms with Gasteiger partial charge in [-0.1, -0.05) is 33.1 Å². The minimum atomic E-state index is -0.881. The van der Waals surface area contributed by atoms with Crippen molar-refractivity contribution in [3.05, 3.63) is 0 Å². The Labute approximate surface area is 133 Å². The van der Waals surface area contributed by atoms with E-state index in [4.69, 9.17) is 4.74 Å². The van der Waals surface area contributed by atoms with E-state index in [-0.39, 0.29) is 6.54 Å². The van der Waals surface area contributed by atoms with Crippen molar-refractivity contribution in [1.82, 2.24) is 5.32 Å². The smallest absolute Gasteiger partial charge is 0.407 e. The number of hydrogen-bond donors (Lipinski definition) is 2. The van der Waals surface area contributed by atoms with Crippen LogP contribution in [0.25, 0.3) is 0 Å². The molecule has 1 aliphatic rings. The van der Waals surface area contributed by atoms with E-state index in [1.807, 2.05) is 0 Å². The number of alkyl carbamates (subject to hydrolysis) is 1. The molecule has 2 unspecified atom stereocenters. The Kier molecular flexibility index (Phi) is 6.27. The Balaban J connectivity index is 2.74. The highest BCUT2D eigenvalue weighted by Crippen LogP contribution is 2.43. The molecule has 0 radical (unpaired) electrons. The van der Waals surface area contributed by atoms with Crippen LogP contribution in [0.15, 0.2) is 0 Å². The molecule has 5 heteroatoms. The van der Waals surface area contributed by atoms with Crippen LogP contribution in [0.2, 0.25) is 0 Å². The minimum Gasteiger partial charge on any atom is -0.481 e. The number of aliphatic carboxylic acids is 1. The monoisotopic (exact) mass is 313 g/mol. The topological polar surface area (TPSA) is 75.6 Å². The van der Waals surface area contributed by atoms with Gasteiger partial charge in [0.2, 0.25) is 0 Å². The van der Waals surface area contributed by atoms with Crippen LogP contribution >= 0.6 is 0 Å². The Bertz CT molecular complexity index is 398. The summed E-state index contributed by atoms with van der Waals surface area (Å²) in [5.41, 5.74) is -1.46. The highest BCUT2D eigenvalue weighted by molar-refractivity contribution is 5.76. The van der Waals surface area contributed by atoms with E-state index in [1.165, 1.54) is 0 Å². The second-order valence-corrected chi connectivity index (χ2v) is 7.81. The lowest BCUT2D eigenvalue weighted by Gasteiger charge is -2.32. The predicted molar refractivity (Wildman–Crippen MR) is 85.7 cm³/mol. The molecule has 2 N–H and O–H groups in total. The van der Waals surface area contributed by atoms with Crippen LogP contribution in [0, 0.1) is 17.3 Å². The fourth-order valence-electron chi connectivity index (χ4n) is 2.72. The zero-order chi connectivity index (χ0) is 17.0. The summed E-state index contributed by atoms with van der Waals surface area (Å²) in [6.45, 7) is 9.65. The third-order valence-corrected chi connectivity index (χ3v) is 4.24. The molecular formula is C17H31NO4. The first-order valence-electron chi connectivity index (χ1n) is 8.28. The van der Waals surface area contributed by atoms with Gasteiger partial charge in [0.05, 0.1) is 5.41 Å².